The van der Waals surface area contributed by atoms with Gasteiger partial charge in [0.1, 0.15) is 6.54 Å². The summed E-state index contributed by atoms with van der Waals surface area (Å²) in [5.41, 5.74) is 1.33. The number of hydrogen-bond donors (Lipinski definition) is 1. The Labute approximate surface area is 173 Å². The van der Waals surface area contributed by atoms with Crippen LogP contribution in [0.25, 0.3) is 0 Å². The zero-order valence-electron chi connectivity index (χ0n) is 15.4. The van der Waals surface area contributed by atoms with Gasteiger partial charge in [-0.2, -0.15) is 0 Å². The summed E-state index contributed by atoms with van der Waals surface area (Å²) in [5, 5.41) is 3.00. The Morgan fingerprint density at radius 1 is 0.793 bits per heavy atom. The quantitative estimate of drug-likeness (QED) is 0.469. The number of amides is 1. The molecule has 0 aliphatic carbocycles. The molecule has 0 heterocycles. The van der Waals surface area contributed by atoms with Gasteiger partial charge in [0.15, 0.2) is 6.10 Å². The van der Waals surface area contributed by atoms with Crippen molar-refractivity contribution in [3.8, 4) is 0 Å². The van der Waals surface area contributed by atoms with E-state index in [2.05, 4.69) is 5.32 Å². The van der Waals surface area contributed by atoms with Crippen molar-refractivity contribution in [1.29, 1.82) is 0 Å². The van der Waals surface area contributed by atoms with Crippen molar-refractivity contribution in [2.45, 2.75) is 6.10 Å². The maximum atomic E-state index is 12.9. The molecule has 3 aromatic rings. The van der Waals surface area contributed by atoms with Crippen molar-refractivity contribution in [2.75, 3.05) is 6.54 Å². The summed E-state index contributed by atoms with van der Waals surface area (Å²) in [4.78, 5) is 37.4. The van der Waals surface area contributed by atoms with Crippen LogP contribution in [0.5, 0.6) is 0 Å². The van der Waals surface area contributed by atoms with Crippen molar-refractivity contribution in [1.82, 2.24) is 5.32 Å². The lowest BCUT2D eigenvalue weighted by Gasteiger charge is -2.18. The third kappa shape index (κ3) is 5.53. The molecule has 29 heavy (non-hydrogen) atoms. The number of carbonyl (C=O) groups is 3. The van der Waals surface area contributed by atoms with Crippen LogP contribution >= 0.6 is 11.6 Å². The number of halogens is 1. The number of benzene rings is 3. The minimum absolute atomic E-state index is 0.361. The molecule has 0 aliphatic rings. The second-order valence-electron chi connectivity index (χ2n) is 6.20. The number of hydrogen-bond acceptors (Lipinski definition) is 4. The first-order valence-corrected chi connectivity index (χ1v) is 9.30. The van der Waals surface area contributed by atoms with E-state index in [-0.39, 0.29) is 12.3 Å². The monoisotopic (exact) mass is 407 g/mol. The van der Waals surface area contributed by atoms with Crippen molar-refractivity contribution in [2.24, 2.45) is 0 Å². The smallest absolute Gasteiger partial charge is 0.326 e. The lowest BCUT2D eigenvalue weighted by Crippen LogP contribution is -2.32. The van der Waals surface area contributed by atoms with Gasteiger partial charge in [-0.25, -0.2) is 0 Å². The molecule has 6 heteroatoms. The zero-order valence-corrected chi connectivity index (χ0v) is 16.1. The van der Waals surface area contributed by atoms with Crippen LogP contribution in [0.1, 0.15) is 32.4 Å². The maximum Gasteiger partial charge on any atom is 0.326 e. The highest BCUT2D eigenvalue weighted by Crippen LogP contribution is 2.24. The lowest BCUT2D eigenvalue weighted by atomic mass is 10.00. The summed E-state index contributed by atoms with van der Waals surface area (Å²) in [7, 11) is 0. The number of esters is 1. The van der Waals surface area contributed by atoms with Gasteiger partial charge >= 0.3 is 5.97 Å². The van der Waals surface area contributed by atoms with E-state index in [1.54, 1.807) is 84.9 Å². The molecule has 0 aliphatic heterocycles. The van der Waals surface area contributed by atoms with Crippen LogP contribution in [0, 0.1) is 0 Å². The molecule has 146 valence electrons. The summed E-state index contributed by atoms with van der Waals surface area (Å²) in [6.45, 7) is -0.361. The van der Waals surface area contributed by atoms with Gasteiger partial charge in [-0.1, -0.05) is 72.3 Å². The van der Waals surface area contributed by atoms with Crippen LogP contribution in [0.4, 0.5) is 0 Å². The molecule has 3 aromatic carbocycles. The van der Waals surface area contributed by atoms with Crippen molar-refractivity contribution >= 4 is 29.3 Å². The second-order valence-corrected chi connectivity index (χ2v) is 6.64. The van der Waals surface area contributed by atoms with Crippen LogP contribution in [0.2, 0.25) is 5.02 Å². The Hall–Kier alpha value is -3.44. The molecule has 0 fully saturated rings. The van der Waals surface area contributed by atoms with Crippen LogP contribution in [0.15, 0.2) is 84.9 Å². The highest BCUT2D eigenvalue weighted by Gasteiger charge is 2.26. The summed E-state index contributed by atoms with van der Waals surface area (Å²) in [5.74, 6) is -1.49. The van der Waals surface area contributed by atoms with E-state index in [9.17, 15) is 14.4 Å². The molecule has 1 N–H and O–H groups in total. The first-order chi connectivity index (χ1) is 14.0. The number of carbonyl (C=O) groups excluding carboxylic acids is 3. The first kappa shape index (κ1) is 20.3. The fourth-order valence-electron chi connectivity index (χ4n) is 2.68. The molecular weight excluding hydrogens is 390 g/mol. The summed E-state index contributed by atoms with van der Waals surface area (Å²) >= 11 is 5.92. The van der Waals surface area contributed by atoms with Gasteiger partial charge in [-0.15, -0.1) is 0 Å². The molecule has 0 unspecified atom stereocenters. The highest BCUT2D eigenvalue weighted by molar-refractivity contribution is 6.30. The fourth-order valence-corrected chi connectivity index (χ4v) is 2.81. The molecule has 0 saturated carbocycles. The molecule has 0 bridgehead atoms. The predicted octanol–water partition coefficient (Wildman–Crippen LogP) is 4.24. The zero-order chi connectivity index (χ0) is 20.6. The lowest BCUT2D eigenvalue weighted by molar-refractivity contribution is -0.146. The van der Waals surface area contributed by atoms with E-state index < -0.39 is 18.0 Å². The topological polar surface area (TPSA) is 72.5 Å². The molecule has 0 aromatic heterocycles. The molecule has 1 amide bonds. The molecule has 5 nitrogen and oxygen atoms in total. The van der Waals surface area contributed by atoms with E-state index in [1.807, 2.05) is 0 Å². The van der Waals surface area contributed by atoms with Crippen LogP contribution < -0.4 is 5.32 Å². The summed E-state index contributed by atoms with van der Waals surface area (Å²) in [6, 6.07) is 23.6. The third-order valence-electron chi connectivity index (χ3n) is 4.15. The maximum absolute atomic E-state index is 12.9. The first-order valence-electron chi connectivity index (χ1n) is 8.92. The van der Waals surface area contributed by atoms with E-state index in [0.717, 1.165) is 0 Å². The number of Topliss-reactive ketones (excluding diaryl/α,β-unsaturated/α-hetero) is 1. The Kier molecular flexibility index (Phi) is 6.76. The molecule has 1 atom stereocenters. The number of rotatable bonds is 7. The van der Waals surface area contributed by atoms with Crippen LogP contribution in [0.3, 0.4) is 0 Å². The fraction of sp³-hybridized carbons (Fsp3) is 0.0870. The second kappa shape index (κ2) is 9.66. The molecule has 0 radical (unpaired) electrons. The minimum Gasteiger partial charge on any atom is -0.448 e. The van der Waals surface area contributed by atoms with Gasteiger partial charge in [0.2, 0.25) is 5.78 Å². The summed E-state index contributed by atoms with van der Waals surface area (Å²) in [6.07, 6.45) is -1.14. The van der Waals surface area contributed by atoms with E-state index in [0.29, 0.717) is 21.7 Å². The van der Waals surface area contributed by atoms with Gasteiger partial charge in [0, 0.05) is 21.7 Å². The normalized spacial score (nSPS) is 11.3. The minimum atomic E-state index is -1.14. The summed E-state index contributed by atoms with van der Waals surface area (Å²) < 4.78 is 5.43. The Bertz CT molecular complexity index is 988. The third-order valence-corrected chi connectivity index (χ3v) is 4.40. The van der Waals surface area contributed by atoms with Gasteiger partial charge < -0.3 is 10.1 Å². The number of ketones is 1. The average molecular weight is 408 g/mol. The molecule has 3 rings (SSSR count). The average Bonchev–Trinajstić information content (AvgIpc) is 2.77. The van der Waals surface area contributed by atoms with Crippen LogP contribution in [-0.2, 0) is 9.53 Å². The SMILES string of the molecule is O=C(CNC(=O)c1ccccc1)O[C@H](C(=O)c1ccccc1)c1ccc(Cl)cc1. The predicted molar refractivity (Wildman–Crippen MR) is 110 cm³/mol. The van der Waals surface area contributed by atoms with Gasteiger partial charge in [0.05, 0.1) is 0 Å². The van der Waals surface area contributed by atoms with Gasteiger partial charge in [-0.3, -0.25) is 14.4 Å². The largest absolute Gasteiger partial charge is 0.448 e. The Morgan fingerprint density at radius 2 is 1.34 bits per heavy atom. The van der Waals surface area contributed by atoms with Crippen molar-refractivity contribution < 1.29 is 19.1 Å². The molecule has 0 spiro atoms. The van der Waals surface area contributed by atoms with E-state index in [4.69, 9.17) is 16.3 Å². The standard InChI is InChI=1S/C23H18ClNO4/c24-19-13-11-17(12-14-19)22(21(27)16-7-3-1-4-8-16)29-20(26)15-25-23(28)18-9-5-2-6-10-18/h1-14,22H,15H2,(H,25,28)/t22-/m0/s1. The van der Waals surface area contributed by atoms with Gasteiger partial charge in [0.25, 0.3) is 5.91 Å². The van der Waals surface area contributed by atoms with Crippen molar-refractivity contribution in [3.63, 3.8) is 0 Å². The Morgan fingerprint density at radius 3 is 1.93 bits per heavy atom. The van der Waals surface area contributed by atoms with Crippen molar-refractivity contribution in [3.05, 3.63) is 107 Å². The highest BCUT2D eigenvalue weighted by atomic mass is 35.5. The molecular formula is C23H18ClNO4. The number of ether oxygens (including phenoxy) is 1. The van der Waals surface area contributed by atoms with Gasteiger partial charge in [-0.05, 0) is 24.3 Å². The van der Waals surface area contributed by atoms with Crippen LogP contribution in [-0.4, -0.2) is 24.2 Å². The van der Waals surface area contributed by atoms with E-state index in [1.165, 1.54) is 0 Å². The number of nitrogens with one attached hydrogen (secondary N) is 1. The molecule has 0 saturated heterocycles. The van der Waals surface area contributed by atoms with E-state index >= 15 is 0 Å². The Balaban J connectivity index is 1.72.